The van der Waals surface area contributed by atoms with Crippen molar-refractivity contribution >= 4 is 12.3 Å². The van der Waals surface area contributed by atoms with Crippen LogP contribution in [0.15, 0.2) is 30.3 Å². The van der Waals surface area contributed by atoms with Gasteiger partial charge in [-0.15, -0.1) is 0 Å². The van der Waals surface area contributed by atoms with Crippen LogP contribution in [0.3, 0.4) is 0 Å². The first-order chi connectivity index (χ1) is 12.9. The zero-order chi connectivity index (χ0) is 19.8. The maximum atomic E-state index is 14.2. The Labute approximate surface area is 153 Å². The van der Waals surface area contributed by atoms with Crippen LogP contribution in [0.4, 0.5) is 13.2 Å². The van der Waals surface area contributed by atoms with Crippen LogP contribution in [0.2, 0.25) is 0 Å². The maximum Gasteiger partial charge on any atom is 0.302 e. The Kier molecular flexibility index (Phi) is 7.22. The Balaban J connectivity index is 2.09. The Hall–Kier alpha value is -3.03. The first-order valence-electron chi connectivity index (χ1n) is 8.03. The number of hydrogen-bond acceptors (Lipinski definition) is 5. The molecule has 8 heteroatoms. The summed E-state index contributed by atoms with van der Waals surface area (Å²) in [5, 5.41) is 0. The van der Waals surface area contributed by atoms with Crippen molar-refractivity contribution in [3.8, 4) is 11.5 Å². The number of hydrogen-bond donors (Lipinski definition) is 0. The molecule has 0 fully saturated rings. The van der Waals surface area contributed by atoms with Gasteiger partial charge in [-0.2, -0.15) is 0 Å². The summed E-state index contributed by atoms with van der Waals surface area (Å²) in [5.74, 6) is -3.22. The van der Waals surface area contributed by atoms with E-state index in [0.717, 1.165) is 18.2 Å². The van der Waals surface area contributed by atoms with Crippen molar-refractivity contribution in [3.63, 3.8) is 0 Å². The van der Waals surface area contributed by atoms with E-state index in [1.54, 1.807) is 0 Å². The molecule has 144 valence electrons. The molecule has 0 heterocycles. The number of aldehydes is 1. The zero-order valence-electron chi connectivity index (χ0n) is 14.5. The molecule has 0 saturated heterocycles. The van der Waals surface area contributed by atoms with Crippen LogP contribution < -0.4 is 9.47 Å². The molecule has 0 bridgehead atoms. The lowest BCUT2D eigenvalue weighted by molar-refractivity contribution is -0.141. The fourth-order valence-electron chi connectivity index (χ4n) is 2.19. The average molecular weight is 382 g/mol. The second-order valence-electron chi connectivity index (χ2n) is 5.47. The quantitative estimate of drug-likeness (QED) is 0.375. The zero-order valence-corrected chi connectivity index (χ0v) is 14.5. The third-order valence-electron chi connectivity index (χ3n) is 3.48. The molecule has 27 heavy (non-hydrogen) atoms. The lowest BCUT2D eigenvalue weighted by Gasteiger charge is -2.14. The third-order valence-corrected chi connectivity index (χ3v) is 3.48. The average Bonchev–Trinajstić information content (AvgIpc) is 2.64. The second-order valence-corrected chi connectivity index (χ2v) is 5.47. The number of benzene rings is 2. The molecule has 2 rings (SSSR count). The van der Waals surface area contributed by atoms with Gasteiger partial charge >= 0.3 is 5.97 Å². The molecule has 0 aliphatic heterocycles. The Morgan fingerprint density at radius 1 is 1.04 bits per heavy atom. The minimum absolute atomic E-state index is 0.0240. The largest absolute Gasteiger partial charge is 0.493 e. The van der Waals surface area contributed by atoms with Gasteiger partial charge in [-0.3, -0.25) is 9.59 Å². The van der Waals surface area contributed by atoms with Crippen LogP contribution >= 0.6 is 0 Å². The molecule has 0 aliphatic carbocycles. The molecule has 0 spiro atoms. The van der Waals surface area contributed by atoms with Crippen molar-refractivity contribution < 1.29 is 37.0 Å². The minimum Gasteiger partial charge on any atom is -0.493 e. The highest BCUT2D eigenvalue weighted by Gasteiger charge is 2.16. The van der Waals surface area contributed by atoms with Crippen LogP contribution in [-0.4, -0.2) is 25.5 Å². The SMILES string of the molecule is CC(=O)OCCCOc1ccc(F)c(F)c1COc1ccc(F)cc1C=O. The van der Waals surface area contributed by atoms with E-state index in [0.29, 0.717) is 12.7 Å². The predicted molar refractivity (Wildman–Crippen MR) is 89.2 cm³/mol. The van der Waals surface area contributed by atoms with Crippen LogP contribution in [0.25, 0.3) is 0 Å². The topological polar surface area (TPSA) is 61.8 Å². The molecule has 0 saturated carbocycles. The van der Waals surface area contributed by atoms with Crippen molar-refractivity contribution in [2.45, 2.75) is 20.0 Å². The van der Waals surface area contributed by atoms with Crippen LogP contribution in [0.1, 0.15) is 29.3 Å². The van der Waals surface area contributed by atoms with E-state index < -0.39 is 30.0 Å². The molecule has 0 N–H and O–H groups in total. The van der Waals surface area contributed by atoms with E-state index >= 15 is 0 Å². The Bertz CT molecular complexity index is 823. The number of rotatable bonds is 9. The smallest absolute Gasteiger partial charge is 0.302 e. The highest BCUT2D eigenvalue weighted by Crippen LogP contribution is 2.27. The van der Waals surface area contributed by atoms with Gasteiger partial charge in [0.1, 0.15) is 23.9 Å². The van der Waals surface area contributed by atoms with Gasteiger partial charge in [-0.25, -0.2) is 13.2 Å². The fraction of sp³-hybridized carbons (Fsp3) is 0.263. The molecule has 2 aromatic carbocycles. The molecule has 0 unspecified atom stereocenters. The van der Waals surface area contributed by atoms with Gasteiger partial charge in [-0.05, 0) is 30.3 Å². The molecule has 0 amide bonds. The first-order valence-corrected chi connectivity index (χ1v) is 8.03. The molecule has 0 radical (unpaired) electrons. The monoisotopic (exact) mass is 382 g/mol. The molecular weight excluding hydrogens is 365 g/mol. The minimum atomic E-state index is -1.15. The maximum absolute atomic E-state index is 14.2. The number of carbonyl (C=O) groups is 2. The summed E-state index contributed by atoms with van der Waals surface area (Å²) < 4.78 is 56.4. The van der Waals surface area contributed by atoms with Crippen molar-refractivity contribution in [1.29, 1.82) is 0 Å². The summed E-state index contributed by atoms with van der Waals surface area (Å²) in [5.41, 5.74) is -0.251. The van der Waals surface area contributed by atoms with Gasteiger partial charge in [0.2, 0.25) is 0 Å². The molecule has 5 nitrogen and oxygen atoms in total. The number of ether oxygens (including phenoxy) is 3. The van der Waals surface area contributed by atoms with E-state index in [-0.39, 0.29) is 35.8 Å². The lowest BCUT2D eigenvalue weighted by atomic mass is 10.1. The standard InChI is InChI=1S/C19H17F3O5/c1-12(24)25-7-2-8-26-18-6-4-16(21)19(22)15(18)11-27-17-5-3-14(20)9-13(17)10-23/h3-6,9-10H,2,7-8,11H2,1H3. The van der Waals surface area contributed by atoms with E-state index in [1.807, 2.05) is 0 Å². The van der Waals surface area contributed by atoms with E-state index in [9.17, 15) is 22.8 Å². The number of carbonyl (C=O) groups excluding carboxylic acids is 2. The van der Waals surface area contributed by atoms with Gasteiger partial charge < -0.3 is 14.2 Å². The highest BCUT2D eigenvalue weighted by atomic mass is 19.2. The van der Waals surface area contributed by atoms with E-state index in [2.05, 4.69) is 0 Å². The summed E-state index contributed by atoms with van der Waals surface area (Å²) in [6.07, 6.45) is 0.749. The summed E-state index contributed by atoms with van der Waals surface area (Å²) in [4.78, 5) is 21.7. The Morgan fingerprint density at radius 3 is 2.48 bits per heavy atom. The third kappa shape index (κ3) is 5.73. The summed E-state index contributed by atoms with van der Waals surface area (Å²) in [6.45, 7) is 1.06. The lowest BCUT2D eigenvalue weighted by Crippen LogP contribution is -2.09. The van der Waals surface area contributed by atoms with Crippen molar-refractivity contribution in [2.24, 2.45) is 0 Å². The van der Waals surface area contributed by atoms with Gasteiger partial charge in [0, 0.05) is 13.3 Å². The second kappa shape index (κ2) is 9.61. The Morgan fingerprint density at radius 2 is 1.78 bits per heavy atom. The van der Waals surface area contributed by atoms with Crippen LogP contribution in [0, 0.1) is 17.5 Å². The van der Waals surface area contributed by atoms with Gasteiger partial charge in [0.05, 0.1) is 24.3 Å². The molecule has 0 aromatic heterocycles. The van der Waals surface area contributed by atoms with Crippen LogP contribution in [0.5, 0.6) is 11.5 Å². The molecule has 2 aromatic rings. The fourth-order valence-corrected chi connectivity index (χ4v) is 2.19. The number of esters is 1. The summed E-state index contributed by atoms with van der Waals surface area (Å²) >= 11 is 0. The first kappa shape index (κ1) is 20.3. The van der Waals surface area contributed by atoms with Crippen molar-refractivity contribution in [3.05, 3.63) is 58.9 Å². The van der Waals surface area contributed by atoms with Gasteiger partial charge in [0.15, 0.2) is 17.9 Å². The normalized spacial score (nSPS) is 10.4. The van der Waals surface area contributed by atoms with Crippen molar-refractivity contribution in [2.75, 3.05) is 13.2 Å². The summed E-state index contributed by atoms with van der Waals surface area (Å²) in [6, 6.07) is 5.42. The van der Waals surface area contributed by atoms with Gasteiger partial charge in [-0.1, -0.05) is 0 Å². The highest BCUT2D eigenvalue weighted by molar-refractivity contribution is 5.79. The van der Waals surface area contributed by atoms with Crippen molar-refractivity contribution in [1.82, 2.24) is 0 Å². The molecule has 0 atom stereocenters. The predicted octanol–water partition coefficient (Wildman–Crippen LogP) is 3.83. The number of halogens is 3. The summed E-state index contributed by atoms with van der Waals surface area (Å²) in [7, 11) is 0. The molecular formula is C19H17F3O5. The van der Waals surface area contributed by atoms with Gasteiger partial charge in [0.25, 0.3) is 0 Å². The van der Waals surface area contributed by atoms with E-state index in [1.165, 1.54) is 19.1 Å². The van der Waals surface area contributed by atoms with E-state index in [4.69, 9.17) is 14.2 Å². The molecule has 0 aliphatic rings. The van der Waals surface area contributed by atoms with Crippen LogP contribution in [-0.2, 0) is 16.1 Å².